The summed E-state index contributed by atoms with van der Waals surface area (Å²) >= 11 is 0. The van der Waals surface area contributed by atoms with Gasteiger partial charge < -0.3 is 19.6 Å². The molecule has 4 rings (SSSR count). The summed E-state index contributed by atoms with van der Waals surface area (Å²) in [7, 11) is 7.17. The van der Waals surface area contributed by atoms with Crippen LogP contribution in [0.5, 0.6) is 0 Å². The van der Waals surface area contributed by atoms with E-state index in [1.54, 1.807) is 30.8 Å². The third-order valence-corrected chi connectivity index (χ3v) is 5.17. The monoisotopic (exact) mass is 514 g/mol. The molecule has 2 heterocycles. The van der Waals surface area contributed by atoms with Crippen molar-refractivity contribution in [3.63, 3.8) is 0 Å². The van der Waals surface area contributed by atoms with E-state index in [9.17, 15) is 9.59 Å². The van der Waals surface area contributed by atoms with Crippen molar-refractivity contribution in [2.24, 2.45) is 0 Å². The van der Waals surface area contributed by atoms with Crippen LogP contribution in [0.25, 0.3) is 22.8 Å². The number of hydrogen-bond donors (Lipinski definition) is 1. The van der Waals surface area contributed by atoms with E-state index in [0.29, 0.717) is 35.5 Å². The molecule has 0 aliphatic carbocycles. The molecule has 4 aromatic rings. The van der Waals surface area contributed by atoms with Gasteiger partial charge >= 0.3 is 11.9 Å². The molecule has 0 radical (unpaired) electrons. The lowest BCUT2D eigenvalue weighted by Gasteiger charge is -2.16. The maximum absolute atomic E-state index is 11.9. The third-order valence-electron chi connectivity index (χ3n) is 5.17. The van der Waals surface area contributed by atoms with Crippen LogP contribution in [0.3, 0.4) is 0 Å². The smallest absolute Gasteiger partial charge is 0.343 e. The van der Waals surface area contributed by atoms with Crippen LogP contribution in [0.15, 0.2) is 73.1 Å². The van der Waals surface area contributed by atoms with E-state index in [-0.39, 0.29) is 5.56 Å². The normalized spacial score (nSPS) is 10.1. The lowest BCUT2D eigenvalue weighted by Crippen LogP contribution is -2.18. The topological polar surface area (TPSA) is 122 Å². The molecule has 0 bridgehead atoms. The number of rotatable bonds is 7. The number of hydrogen-bond acceptors (Lipinski definition) is 9. The van der Waals surface area contributed by atoms with Crippen LogP contribution in [-0.2, 0) is 4.74 Å². The van der Waals surface area contributed by atoms with E-state index in [1.807, 2.05) is 74.8 Å². The summed E-state index contributed by atoms with van der Waals surface area (Å²) < 4.78 is 5.02. The molecule has 0 amide bonds. The quantitative estimate of drug-likeness (QED) is 0.357. The minimum absolute atomic E-state index is 0.0969. The summed E-state index contributed by atoms with van der Waals surface area (Å²) in [5.41, 5.74) is 2.24. The van der Waals surface area contributed by atoms with Crippen LogP contribution in [0.1, 0.15) is 27.6 Å². The standard InChI is InChI=1S/C15H17N3O2.C13H13N3O2/c1-4-20-15(19)12-10-16-13(17-14(12)18(2)3)11-8-6-5-7-9-11;1-16(2)12-10(13(17)18)8-14-11(15-12)9-6-4-3-5-7-9/h5-10H,4H2,1-3H3;3-8H,1-2H3,(H,17,18). The number of carbonyl (C=O) groups is 2. The Morgan fingerprint density at radius 1 is 0.737 bits per heavy atom. The second-order valence-corrected chi connectivity index (χ2v) is 8.41. The first-order valence-corrected chi connectivity index (χ1v) is 11.8. The van der Waals surface area contributed by atoms with Gasteiger partial charge in [-0.3, -0.25) is 0 Å². The number of aromatic nitrogens is 4. The van der Waals surface area contributed by atoms with Crippen molar-refractivity contribution in [3.05, 3.63) is 84.2 Å². The highest BCUT2D eigenvalue weighted by Gasteiger charge is 2.18. The SMILES string of the molecule is CCOC(=O)c1cnc(-c2ccccc2)nc1N(C)C.CN(C)c1nc(-c2ccccc2)ncc1C(=O)O. The molecule has 2 aromatic carbocycles. The molecular weight excluding hydrogens is 484 g/mol. The van der Waals surface area contributed by atoms with Crippen LogP contribution in [0, 0.1) is 0 Å². The van der Waals surface area contributed by atoms with Crippen LogP contribution in [-0.4, -0.2) is 71.8 Å². The number of carboxylic acids is 1. The predicted molar refractivity (Wildman–Crippen MR) is 147 cm³/mol. The highest BCUT2D eigenvalue weighted by atomic mass is 16.5. The Morgan fingerprint density at radius 3 is 1.55 bits per heavy atom. The second-order valence-electron chi connectivity index (χ2n) is 8.41. The first-order valence-electron chi connectivity index (χ1n) is 11.8. The number of ether oxygens (including phenoxy) is 1. The van der Waals surface area contributed by atoms with Gasteiger partial charge in [0.15, 0.2) is 11.6 Å². The first-order chi connectivity index (χ1) is 18.2. The van der Waals surface area contributed by atoms with Gasteiger partial charge in [0.1, 0.15) is 22.8 Å². The first kappa shape index (κ1) is 27.7. The number of anilines is 2. The fraction of sp³-hybridized carbons (Fsp3) is 0.214. The average Bonchev–Trinajstić information content (AvgIpc) is 2.93. The van der Waals surface area contributed by atoms with Gasteiger partial charge in [0.05, 0.1) is 6.61 Å². The average molecular weight is 515 g/mol. The number of aromatic carboxylic acids is 1. The lowest BCUT2D eigenvalue weighted by molar-refractivity contribution is 0.0525. The fourth-order valence-electron chi connectivity index (χ4n) is 3.38. The Bertz CT molecular complexity index is 1380. The van der Waals surface area contributed by atoms with Crippen molar-refractivity contribution in [3.8, 4) is 22.8 Å². The van der Waals surface area contributed by atoms with Crippen LogP contribution in [0.4, 0.5) is 11.6 Å². The Morgan fingerprint density at radius 2 is 1.16 bits per heavy atom. The summed E-state index contributed by atoms with van der Waals surface area (Å²) in [5.74, 6) is 0.620. The minimum Gasteiger partial charge on any atom is -0.477 e. The van der Waals surface area contributed by atoms with Crippen LogP contribution < -0.4 is 9.80 Å². The van der Waals surface area contributed by atoms with Crippen LogP contribution in [0.2, 0.25) is 0 Å². The van der Waals surface area contributed by atoms with E-state index < -0.39 is 11.9 Å². The van der Waals surface area contributed by atoms with Crippen molar-refractivity contribution in [2.75, 3.05) is 44.6 Å². The molecule has 10 heteroatoms. The molecule has 2 aromatic heterocycles. The number of carboxylic acid groups (broad SMARTS) is 1. The molecule has 0 spiro atoms. The molecule has 38 heavy (non-hydrogen) atoms. The molecule has 0 atom stereocenters. The van der Waals surface area contributed by atoms with Gasteiger partial charge in [0.2, 0.25) is 0 Å². The molecule has 10 nitrogen and oxygen atoms in total. The van der Waals surface area contributed by atoms with E-state index in [2.05, 4.69) is 19.9 Å². The van der Waals surface area contributed by atoms with E-state index in [0.717, 1.165) is 11.1 Å². The summed E-state index contributed by atoms with van der Waals surface area (Å²) in [6, 6.07) is 19.1. The van der Waals surface area contributed by atoms with Gasteiger partial charge in [-0.1, -0.05) is 60.7 Å². The minimum atomic E-state index is -1.03. The maximum atomic E-state index is 11.9. The van der Waals surface area contributed by atoms with E-state index in [1.165, 1.54) is 12.4 Å². The Kier molecular flexibility index (Phi) is 9.42. The Labute approximate surface area is 221 Å². The maximum Gasteiger partial charge on any atom is 0.343 e. The highest BCUT2D eigenvalue weighted by molar-refractivity contribution is 5.95. The zero-order valence-corrected chi connectivity index (χ0v) is 22.0. The molecule has 1 N–H and O–H groups in total. The third kappa shape index (κ3) is 6.88. The molecule has 0 saturated heterocycles. The van der Waals surface area contributed by atoms with Crippen LogP contribution >= 0.6 is 0 Å². The Hall–Kier alpha value is -4.86. The summed E-state index contributed by atoms with van der Waals surface area (Å²) in [4.78, 5) is 43.5. The van der Waals surface area contributed by atoms with Crippen molar-refractivity contribution in [2.45, 2.75) is 6.92 Å². The fourth-order valence-corrected chi connectivity index (χ4v) is 3.38. The predicted octanol–water partition coefficient (Wildman–Crippen LogP) is 4.29. The van der Waals surface area contributed by atoms with Gasteiger partial charge in [-0.05, 0) is 6.92 Å². The van der Waals surface area contributed by atoms with Gasteiger partial charge in [0.25, 0.3) is 0 Å². The van der Waals surface area contributed by atoms with Gasteiger partial charge in [0, 0.05) is 51.7 Å². The zero-order valence-electron chi connectivity index (χ0n) is 22.0. The van der Waals surface area contributed by atoms with Gasteiger partial charge in [-0.2, -0.15) is 0 Å². The zero-order chi connectivity index (χ0) is 27.7. The van der Waals surface area contributed by atoms with E-state index >= 15 is 0 Å². The van der Waals surface area contributed by atoms with Gasteiger partial charge in [-0.25, -0.2) is 29.5 Å². The summed E-state index contributed by atoms with van der Waals surface area (Å²) in [6.45, 7) is 2.10. The lowest BCUT2D eigenvalue weighted by atomic mass is 10.2. The van der Waals surface area contributed by atoms with Gasteiger partial charge in [-0.15, -0.1) is 0 Å². The Balaban J connectivity index is 0.000000212. The molecule has 0 saturated carbocycles. The van der Waals surface area contributed by atoms with Crippen molar-refractivity contribution >= 4 is 23.6 Å². The number of benzene rings is 2. The molecule has 0 aliphatic heterocycles. The number of esters is 1. The van der Waals surface area contributed by atoms with Crippen molar-refractivity contribution < 1.29 is 19.4 Å². The largest absolute Gasteiger partial charge is 0.477 e. The van der Waals surface area contributed by atoms with Crippen molar-refractivity contribution in [1.82, 2.24) is 19.9 Å². The summed E-state index contributed by atoms with van der Waals surface area (Å²) in [5, 5.41) is 9.07. The number of carbonyl (C=O) groups excluding carboxylic acids is 1. The highest BCUT2D eigenvalue weighted by Crippen LogP contribution is 2.22. The van der Waals surface area contributed by atoms with E-state index in [4.69, 9.17) is 9.84 Å². The molecule has 0 fully saturated rings. The second kappa shape index (κ2) is 12.9. The molecular formula is C28H30N6O4. The number of nitrogens with zero attached hydrogens (tertiary/aromatic N) is 6. The molecule has 196 valence electrons. The molecule has 0 aliphatic rings. The van der Waals surface area contributed by atoms with Crippen molar-refractivity contribution in [1.29, 1.82) is 0 Å². The molecule has 0 unspecified atom stereocenters. The summed E-state index contributed by atoms with van der Waals surface area (Å²) in [6.07, 6.45) is 2.86.